The van der Waals surface area contributed by atoms with Crippen molar-refractivity contribution in [3.8, 4) is 0 Å². The number of nitrogens with one attached hydrogen (secondary N) is 2. The van der Waals surface area contributed by atoms with Gasteiger partial charge in [0.05, 0.1) is 12.6 Å². The van der Waals surface area contributed by atoms with Gasteiger partial charge in [-0.15, -0.1) is 0 Å². The minimum Gasteiger partial charge on any atom is -0.352 e. The van der Waals surface area contributed by atoms with Gasteiger partial charge in [0, 0.05) is 17.9 Å². The Bertz CT molecular complexity index is 437. The zero-order valence-corrected chi connectivity index (χ0v) is 12.8. The van der Waals surface area contributed by atoms with E-state index in [1.54, 1.807) is 0 Å². The second kappa shape index (κ2) is 6.88. The molecule has 0 unspecified atom stereocenters. The summed E-state index contributed by atoms with van der Waals surface area (Å²) in [6.45, 7) is 4.72. The normalized spacial score (nSPS) is 17.6. The summed E-state index contributed by atoms with van der Waals surface area (Å²) in [6, 6.07) is 0.303. The molecule has 1 heterocycles. The first-order chi connectivity index (χ1) is 9.60. The lowest BCUT2D eigenvalue weighted by molar-refractivity contribution is -0.127. The quantitative estimate of drug-likeness (QED) is 0.836. The summed E-state index contributed by atoms with van der Waals surface area (Å²) in [5.41, 5.74) is 1.05. The van der Waals surface area contributed by atoms with E-state index in [2.05, 4.69) is 27.1 Å². The van der Waals surface area contributed by atoms with Crippen molar-refractivity contribution in [2.24, 2.45) is 0 Å². The average molecular weight is 278 g/mol. The molecule has 112 valence electrons. The number of likely N-dealkylation sites (N-methyl/N-ethyl adjacent to an activating group) is 1. The van der Waals surface area contributed by atoms with Crippen molar-refractivity contribution >= 4 is 5.91 Å². The third kappa shape index (κ3) is 3.82. The van der Waals surface area contributed by atoms with Gasteiger partial charge in [-0.3, -0.25) is 9.69 Å². The Morgan fingerprint density at radius 1 is 1.55 bits per heavy atom. The van der Waals surface area contributed by atoms with Crippen molar-refractivity contribution in [2.45, 2.75) is 64.6 Å². The molecule has 0 bridgehead atoms. The van der Waals surface area contributed by atoms with E-state index in [1.807, 2.05) is 20.2 Å². The van der Waals surface area contributed by atoms with Gasteiger partial charge in [-0.25, -0.2) is 4.98 Å². The van der Waals surface area contributed by atoms with Crippen LogP contribution in [0, 0.1) is 6.92 Å². The molecule has 5 nitrogen and oxygen atoms in total. The average Bonchev–Trinajstić information content (AvgIpc) is 3.02. The fourth-order valence-corrected chi connectivity index (χ4v) is 2.96. The van der Waals surface area contributed by atoms with E-state index in [0.717, 1.165) is 30.8 Å². The van der Waals surface area contributed by atoms with E-state index in [1.165, 1.54) is 12.8 Å². The molecule has 1 aromatic heterocycles. The second-order valence-corrected chi connectivity index (χ2v) is 5.84. The van der Waals surface area contributed by atoms with E-state index in [4.69, 9.17) is 0 Å². The van der Waals surface area contributed by atoms with Crippen molar-refractivity contribution in [1.29, 1.82) is 0 Å². The van der Waals surface area contributed by atoms with E-state index < -0.39 is 0 Å². The first-order valence-corrected chi connectivity index (χ1v) is 7.61. The van der Waals surface area contributed by atoms with E-state index in [-0.39, 0.29) is 11.9 Å². The summed E-state index contributed by atoms with van der Waals surface area (Å²) in [5, 5.41) is 3.19. The molecule has 0 saturated heterocycles. The van der Waals surface area contributed by atoms with E-state index in [9.17, 15) is 4.79 Å². The molecule has 0 aliphatic heterocycles. The summed E-state index contributed by atoms with van der Waals surface area (Å²) in [4.78, 5) is 22.0. The fourth-order valence-electron chi connectivity index (χ4n) is 2.96. The van der Waals surface area contributed by atoms with Crippen LogP contribution in [0.5, 0.6) is 0 Å². The van der Waals surface area contributed by atoms with Crippen molar-refractivity contribution in [3.63, 3.8) is 0 Å². The summed E-state index contributed by atoms with van der Waals surface area (Å²) in [5.74, 6) is 1.07. The van der Waals surface area contributed by atoms with Crippen LogP contribution >= 0.6 is 0 Å². The molecule has 2 rings (SSSR count). The maximum Gasteiger partial charge on any atom is 0.237 e. The highest BCUT2D eigenvalue weighted by Crippen LogP contribution is 2.18. The standard InChI is InChI=1S/C15H26N4O/c1-4-13(15(20)18-12-7-5-6-8-12)19(3)10-14-16-9-11(2)17-14/h9,12-13H,4-8,10H2,1-3H3,(H,16,17)(H,18,20)/t13-/m0/s1. The number of aryl methyl sites for hydroxylation is 1. The summed E-state index contributed by atoms with van der Waals surface area (Å²) < 4.78 is 0. The molecule has 1 atom stereocenters. The fraction of sp³-hybridized carbons (Fsp3) is 0.733. The number of imidazole rings is 1. The minimum atomic E-state index is -0.0824. The molecule has 1 aromatic rings. The highest BCUT2D eigenvalue weighted by Gasteiger charge is 2.25. The van der Waals surface area contributed by atoms with Gasteiger partial charge in [0.1, 0.15) is 5.82 Å². The summed E-state index contributed by atoms with van der Waals surface area (Å²) >= 11 is 0. The van der Waals surface area contributed by atoms with Crippen LogP contribution in [0.25, 0.3) is 0 Å². The molecule has 1 amide bonds. The number of nitrogens with zero attached hydrogens (tertiary/aromatic N) is 2. The smallest absolute Gasteiger partial charge is 0.237 e. The number of hydrogen-bond donors (Lipinski definition) is 2. The van der Waals surface area contributed by atoms with Crippen molar-refractivity contribution in [3.05, 3.63) is 17.7 Å². The number of aromatic nitrogens is 2. The zero-order chi connectivity index (χ0) is 14.5. The molecular weight excluding hydrogens is 252 g/mol. The largest absolute Gasteiger partial charge is 0.352 e. The minimum absolute atomic E-state index is 0.0824. The molecule has 1 aliphatic carbocycles. The summed E-state index contributed by atoms with van der Waals surface area (Å²) in [6.07, 6.45) is 7.37. The topological polar surface area (TPSA) is 61.0 Å². The molecular formula is C15H26N4O. The number of aromatic amines is 1. The van der Waals surface area contributed by atoms with Crippen molar-refractivity contribution < 1.29 is 4.79 Å². The number of rotatable bonds is 6. The first-order valence-electron chi connectivity index (χ1n) is 7.61. The molecule has 5 heteroatoms. The van der Waals surface area contributed by atoms with Gasteiger partial charge >= 0.3 is 0 Å². The Kier molecular flexibility index (Phi) is 5.17. The Morgan fingerprint density at radius 2 is 2.25 bits per heavy atom. The monoisotopic (exact) mass is 278 g/mol. The van der Waals surface area contributed by atoms with Crippen LogP contribution in [0.1, 0.15) is 50.5 Å². The Hall–Kier alpha value is -1.36. The third-order valence-electron chi connectivity index (χ3n) is 4.08. The van der Waals surface area contributed by atoms with Gasteiger partial charge in [0.25, 0.3) is 0 Å². The van der Waals surface area contributed by atoms with Crippen LogP contribution in [0.3, 0.4) is 0 Å². The van der Waals surface area contributed by atoms with Crippen LogP contribution in [-0.2, 0) is 11.3 Å². The molecule has 20 heavy (non-hydrogen) atoms. The van der Waals surface area contributed by atoms with Crippen LogP contribution in [0.4, 0.5) is 0 Å². The molecule has 1 saturated carbocycles. The highest BCUT2D eigenvalue weighted by molar-refractivity contribution is 5.81. The third-order valence-corrected chi connectivity index (χ3v) is 4.08. The zero-order valence-electron chi connectivity index (χ0n) is 12.8. The van der Waals surface area contributed by atoms with Crippen LogP contribution in [-0.4, -0.2) is 39.9 Å². The van der Waals surface area contributed by atoms with Gasteiger partial charge in [0.15, 0.2) is 0 Å². The van der Waals surface area contributed by atoms with Crippen LogP contribution in [0.15, 0.2) is 6.20 Å². The predicted molar refractivity (Wildman–Crippen MR) is 79.3 cm³/mol. The number of carbonyl (C=O) groups is 1. The Labute approximate surface area is 121 Å². The van der Waals surface area contributed by atoms with Crippen LogP contribution < -0.4 is 5.32 Å². The van der Waals surface area contributed by atoms with Gasteiger partial charge in [0.2, 0.25) is 5.91 Å². The number of hydrogen-bond acceptors (Lipinski definition) is 3. The first kappa shape index (κ1) is 15.0. The second-order valence-electron chi connectivity index (χ2n) is 5.84. The lowest BCUT2D eigenvalue weighted by atomic mass is 10.1. The SMILES string of the molecule is CC[C@@H](C(=O)NC1CCCC1)N(C)Cc1ncc(C)[nH]1. The number of amides is 1. The van der Waals surface area contributed by atoms with Gasteiger partial charge in [-0.1, -0.05) is 19.8 Å². The lowest BCUT2D eigenvalue weighted by Crippen LogP contribution is -2.47. The Balaban J connectivity index is 1.90. The van der Waals surface area contributed by atoms with E-state index >= 15 is 0 Å². The molecule has 0 spiro atoms. The molecule has 2 N–H and O–H groups in total. The Morgan fingerprint density at radius 3 is 2.80 bits per heavy atom. The lowest BCUT2D eigenvalue weighted by Gasteiger charge is -2.26. The predicted octanol–water partition coefficient (Wildman–Crippen LogP) is 1.99. The van der Waals surface area contributed by atoms with Crippen molar-refractivity contribution in [1.82, 2.24) is 20.2 Å². The van der Waals surface area contributed by atoms with Gasteiger partial charge in [-0.05, 0) is 33.2 Å². The maximum absolute atomic E-state index is 12.4. The number of carbonyl (C=O) groups excluding carboxylic acids is 1. The summed E-state index contributed by atoms with van der Waals surface area (Å²) in [7, 11) is 1.99. The van der Waals surface area contributed by atoms with E-state index in [0.29, 0.717) is 12.6 Å². The van der Waals surface area contributed by atoms with Crippen LogP contribution in [0.2, 0.25) is 0 Å². The van der Waals surface area contributed by atoms with Crippen molar-refractivity contribution in [2.75, 3.05) is 7.05 Å². The molecule has 0 radical (unpaired) electrons. The molecule has 0 aromatic carbocycles. The maximum atomic E-state index is 12.4. The molecule has 1 fully saturated rings. The molecule has 1 aliphatic rings. The number of H-pyrrole nitrogens is 1. The van der Waals surface area contributed by atoms with Gasteiger partial charge in [-0.2, -0.15) is 0 Å². The highest BCUT2D eigenvalue weighted by atomic mass is 16.2. The van der Waals surface area contributed by atoms with Gasteiger partial charge < -0.3 is 10.3 Å².